The number of aromatic nitrogens is 8. The summed E-state index contributed by atoms with van der Waals surface area (Å²) in [6.07, 6.45) is 1.77. The maximum absolute atomic E-state index is 13.3. The lowest BCUT2D eigenvalue weighted by Gasteiger charge is -2.35. The molecular formula is C48H56N16O12S3. The van der Waals surface area contributed by atoms with Crippen molar-refractivity contribution in [2.24, 2.45) is 0 Å². The van der Waals surface area contributed by atoms with Crippen LogP contribution < -0.4 is 37.9 Å². The average molecular weight is 1150 g/mol. The first-order valence-electron chi connectivity index (χ1n) is 24.7. The highest BCUT2D eigenvalue weighted by atomic mass is 33.1. The van der Waals surface area contributed by atoms with Crippen molar-refractivity contribution in [3.63, 3.8) is 0 Å². The van der Waals surface area contributed by atoms with E-state index < -0.39 is 60.1 Å². The van der Waals surface area contributed by atoms with E-state index in [1.165, 1.54) is 36.0 Å². The summed E-state index contributed by atoms with van der Waals surface area (Å²) < 4.78 is 17.0. The number of hydrogen-bond acceptors (Lipinski definition) is 25. The molecule has 418 valence electrons. The summed E-state index contributed by atoms with van der Waals surface area (Å²) >= 11 is 1.65. The highest BCUT2D eigenvalue weighted by Crippen LogP contribution is 2.38. The van der Waals surface area contributed by atoms with Crippen molar-refractivity contribution in [3.8, 4) is 11.4 Å². The van der Waals surface area contributed by atoms with E-state index in [9.17, 15) is 43.8 Å². The number of morpholine rings is 1. The molecule has 2 saturated heterocycles. The summed E-state index contributed by atoms with van der Waals surface area (Å²) in [5.41, 5.74) is 14.5. The number of H-pyrrole nitrogens is 1. The first kappa shape index (κ1) is 57.2. The Morgan fingerprint density at radius 3 is 2.30 bits per heavy atom. The van der Waals surface area contributed by atoms with Crippen LogP contribution in [0.3, 0.4) is 0 Å². The molecule has 0 bridgehead atoms. The lowest BCUT2D eigenvalue weighted by molar-refractivity contribution is -0.142. The van der Waals surface area contributed by atoms with Crippen molar-refractivity contribution in [2.75, 3.05) is 92.3 Å². The molecule has 8 rings (SSSR count). The third-order valence-corrected chi connectivity index (χ3v) is 16.1. The summed E-state index contributed by atoms with van der Waals surface area (Å²) in [4.78, 5) is 128. The van der Waals surface area contributed by atoms with Gasteiger partial charge in [0.1, 0.15) is 18.7 Å². The zero-order chi connectivity index (χ0) is 56.2. The van der Waals surface area contributed by atoms with Crippen molar-refractivity contribution in [3.05, 3.63) is 74.9 Å². The number of ether oxygens (including phenoxy) is 3. The van der Waals surface area contributed by atoms with Gasteiger partial charge in [0.15, 0.2) is 28.9 Å². The minimum Gasteiger partial charge on any atom is -0.480 e. The van der Waals surface area contributed by atoms with E-state index >= 15 is 0 Å². The second kappa shape index (κ2) is 26.6. The Balaban J connectivity index is 0.708. The number of carbonyl (C=O) groups excluding carboxylic acids is 4. The predicted octanol–water partition coefficient (Wildman–Crippen LogP) is 1.90. The van der Waals surface area contributed by atoms with Gasteiger partial charge in [-0.2, -0.15) is 4.98 Å². The number of amides is 3. The Hall–Kier alpha value is -8.00. The van der Waals surface area contributed by atoms with Crippen molar-refractivity contribution >= 4 is 114 Å². The minimum absolute atomic E-state index is 0.0169. The summed E-state index contributed by atoms with van der Waals surface area (Å²) in [6, 6.07) is 3.25. The number of rotatable bonds is 23. The van der Waals surface area contributed by atoms with Gasteiger partial charge in [-0.1, -0.05) is 21.6 Å². The second-order valence-electron chi connectivity index (χ2n) is 18.0. The predicted molar refractivity (Wildman–Crippen MR) is 293 cm³/mol. The second-order valence-corrected chi connectivity index (χ2v) is 21.7. The molecule has 3 atom stereocenters. The third-order valence-electron chi connectivity index (χ3n) is 12.5. The topological polar surface area (TPSA) is 392 Å². The van der Waals surface area contributed by atoms with Gasteiger partial charge in [0, 0.05) is 92.3 Å². The number of carbonyl (C=O) groups is 6. The van der Waals surface area contributed by atoms with Gasteiger partial charge in [0.05, 0.1) is 47.4 Å². The number of hydrogen-bond donors (Lipinski definition) is 8. The largest absolute Gasteiger partial charge is 0.509 e. The van der Waals surface area contributed by atoms with Crippen LogP contribution in [0.2, 0.25) is 0 Å². The van der Waals surface area contributed by atoms with E-state index in [1.54, 1.807) is 40.8 Å². The lowest BCUT2D eigenvalue weighted by Crippen LogP contribution is -2.51. The number of nitrogens with one attached hydrogen (secondary N) is 4. The zero-order valence-electron chi connectivity index (χ0n) is 42.7. The first-order valence-corrected chi connectivity index (χ1v) is 28.0. The number of aryl methyl sites for hydroxylation is 1. The van der Waals surface area contributed by atoms with E-state index in [2.05, 4.69) is 62.6 Å². The van der Waals surface area contributed by atoms with Crippen LogP contribution >= 0.6 is 32.9 Å². The molecule has 3 amide bonds. The molecule has 3 unspecified atom stereocenters. The van der Waals surface area contributed by atoms with Gasteiger partial charge in [0.2, 0.25) is 17.8 Å². The minimum atomic E-state index is -1.47. The quantitative estimate of drug-likeness (QED) is 0.0258. The number of piperazine rings is 1. The monoisotopic (exact) mass is 1140 g/mol. The van der Waals surface area contributed by atoms with E-state index in [4.69, 9.17) is 35.6 Å². The van der Waals surface area contributed by atoms with Crippen molar-refractivity contribution < 1.29 is 53.2 Å². The van der Waals surface area contributed by atoms with E-state index in [0.29, 0.717) is 81.8 Å². The maximum Gasteiger partial charge on any atom is 0.509 e. The van der Waals surface area contributed by atoms with E-state index in [-0.39, 0.29) is 65.6 Å². The molecule has 5 aromatic heterocycles. The summed E-state index contributed by atoms with van der Waals surface area (Å²) in [5, 5.41) is 27.4. The van der Waals surface area contributed by atoms with E-state index in [1.807, 2.05) is 0 Å². The average Bonchev–Trinajstić information content (AvgIpc) is 3.95. The highest BCUT2D eigenvalue weighted by molar-refractivity contribution is 8.76. The smallest absolute Gasteiger partial charge is 0.480 e. The fourth-order valence-corrected chi connectivity index (χ4v) is 11.5. The number of nitrogen functional groups attached to an aromatic ring is 2. The molecule has 0 aliphatic carbocycles. The first-order chi connectivity index (χ1) is 38.0. The number of anilines is 4. The molecule has 2 aliphatic heterocycles. The Morgan fingerprint density at radius 2 is 1.59 bits per heavy atom. The van der Waals surface area contributed by atoms with Gasteiger partial charge in [-0.25, -0.2) is 44.3 Å². The summed E-state index contributed by atoms with van der Waals surface area (Å²) in [6.45, 7) is 8.82. The molecule has 0 radical (unpaired) electrons. The van der Waals surface area contributed by atoms with Gasteiger partial charge in [0.25, 0.3) is 17.4 Å². The number of thiophene rings is 1. The number of aliphatic carboxylic acids is 2. The molecule has 28 nitrogen and oxygen atoms in total. The highest BCUT2D eigenvalue weighted by Gasteiger charge is 2.30. The van der Waals surface area contributed by atoms with Crippen LogP contribution in [0.4, 0.5) is 28.2 Å². The van der Waals surface area contributed by atoms with Crippen LogP contribution in [-0.4, -0.2) is 184 Å². The number of aromatic amines is 1. The molecule has 1 aromatic carbocycles. The Morgan fingerprint density at radius 1 is 0.873 bits per heavy atom. The molecule has 0 spiro atoms. The number of nitrogens with zero attached hydrogens (tertiary/aromatic N) is 10. The molecular weight excluding hydrogens is 1090 g/mol. The van der Waals surface area contributed by atoms with Gasteiger partial charge in [-0.3, -0.25) is 29.1 Å². The van der Waals surface area contributed by atoms with Crippen LogP contribution in [-0.2, 0) is 46.5 Å². The molecule has 6 aromatic rings. The number of carboxylic acid groups (broad SMARTS) is 2. The molecule has 0 saturated carbocycles. The Kier molecular flexibility index (Phi) is 19.2. The van der Waals surface area contributed by atoms with Crippen LogP contribution in [0.1, 0.15) is 46.3 Å². The SMILES string of the molecule is Cc1c(CN2CCN(C(=O)C(C)OC(=O)OCCSSCC(NC(=O)CCC(NC(=O)c3ccc(NCc4cnc5nc(N)[nH]c(=O)c5n4)cc3)C(=O)O)C(=O)O)CC2)sc2c(N3CCOCC3)nc(-c3cnc(N)nc3)nc12. The maximum atomic E-state index is 13.3. The van der Waals surface area contributed by atoms with Gasteiger partial charge in [-0.05, 0) is 50.1 Å². The van der Waals surface area contributed by atoms with Crippen LogP contribution in [0.5, 0.6) is 0 Å². The molecule has 7 heterocycles. The number of benzene rings is 1. The zero-order valence-corrected chi connectivity index (χ0v) is 45.2. The lowest BCUT2D eigenvalue weighted by atomic mass is 10.1. The van der Waals surface area contributed by atoms with Gasteiger partial charge in [-0.15, -0.1) is 11.3 Å². The summed E-state index contributed by atoms with van der Waals surface area (Å²) in [5.74, 6) is -3.00. The van der Waals surface area contributed by atoms with Gasteiger partial charge >= 0.3 is 18.1 Å². The molecule has 31 heteroatoms. The van der Waals surface area contributed by atoms with E-state index in [0.717, 1.165) is 37.3 Å². The summed E-state index contributed by atoms with van der Waals surface area (Å²) in [7, 11) is 2.27. The van der Waals surface area contributed by atoms with Crippen LogP contribution in [0, 0.1) is 6.92 Å². The molecule has 2 fully saturated rings. The molecule has 2 aliphatic rings. The number of carboxylic acids is 2. The van der Waals surface area contributed by atoms with Crippen LogP contribution in [0.25, 0.3) is 32.8 Å². The fraction of sp³-hybridized carbons (Fsp3) is 0.417. The van der Waals surface area contributed by atoms with Crippen molar-refractivity contribution in [2.45, 2.75) is 58.0 Å². The third kappa shape index (κ3) is 15.2. The standard InChI is InChI=1S/C48H56N16O12S3/c1-25-33(79-37-35(25)58-38(28-19-53-46(49)54-20-28)59-40(37)63-13-15-74-16-14-63)23-62-9-11-64(12-10-62)43(68)26(2)76-48(73)75-17-18-77-78-24-32(45(71)72)56-34(65)8-7-31(44(69)70)57-41(66)27-3-5-29(6-4-27)51-21-30-22-52-39-36(55-30)42(67)61-47(50)60-39/h3-6,19-20,22,26,31-32,51H,7-18,21,23-24H2,1-2H3,(H,56,65)(H,57,66)(H,69,70)(H,71,72)(H2,49,53,54)(H3,50,52,60,61,67). The number of fused-ring (bicyclic) bond motifs is 2. The van der Waals surface area contributed by atoms with Crippen molar-refractivity contribution in [1.29, 1.82) is 0 Å². The molecule has 10 N–H and O–H groups in total. The normalized spacial score (nSPS) is 15.0. The molecule has 79 heavy (non-hydrogen) atoms. The Labute approximate surface area is 461 Å². The van der Waals surface area contributed by atoms with Crippen molar-refractivity contribution in [1.82, 2.24) is 60.3 Å². The van der Waals surface area contributed by atoms with Gasteiger partial charge < -0.3 is 61.6 Å². The Bertz CT molecular complexity index is 3250. The number of nitrogens with two attached hydrogens (primary N) is 2. The fourth-order valence-electron chi connectivity index (χ4n) is 8.19. The van der Waals surface area contributed by atoms with Crippen LogP contribution in [0.15, 0.2) is 47.7 Å².